The van der Waals surface area contributed by atoms with Crippen molar-refractivity contribution in [1.29, 1.82) is 0 Å². The molecule has 0 bridgehead atoms. The highest BCUT2D eigenvalue weighted by atomic mass is 32.1. The minimum atomic E-state index is -0.299. The minimum Gasteiger partial charge on any atom is -0.393 e. The van der Waals surface area contributed by atoms with Crippen molar-refractivity contribution < 1.29 is 4.79 Å². The summed E-state index contributed by atoms with van der Waals surface area (Å²) >= 11 is 4.96. The molecule has 0 aliphatic heterocycles. The first-order valence-corrected chi connectivity index (χ1v) is 8.00. The molecule has 1 aromatic carbocycles. The van der Waals surface area contributed by atoms with Crippen LogP contribution in [0.1, 0.15) is 38.7 Å². The van der Waals surface area contributed by atoms with Gasteiger partial charge in [-0.3, -0.25) is 4.79 Å². The molecule has 4 heteroatoms. The molecule has 0 heterocycles. The van der Waals surface area contributed by atoms with Gasteiger partial charge < -0.3 is 10.6 Å². The number of hydrogen-bond acceptors (Lipinski definition) is 2. The number of nitrogens with two attached hydrogens (primary N) is 1. The molecule has 2 N–H and O–H groups in total. The first kappa shape index (κ1) is 16.0. The van der Waals surface area contributed by atoms with E-state index in [1.165, 1.54) is 0 Å². The molecule has 1 saturated carbocycles. The molecule has 3 nitrogen and oxygen atoms in total. The predicted molar refractivity (Wildman–Crippen MR) is 90.2 cm³/mol. The van der Waals surface area contributed by atoms with Crippen LogP contribution in [0, 0.1) is 5.92 Å². The van der Waals surface area contributed by atoms with Crippen LogP contribution in [-0.2, 0) is 10.2 Å². The topological polar surface area (TPSA) is 46.3 Å². The zero-order chi connectivity index (χ0) is 15.5. The Kier molecular flexibility index (Phi) is 4.99. The van der Waals surface area contributed by atoms with E-state index in [0.29, 0.717) is 23.9 Å². The van der Waals surface area contributed by atoms with Crippen LogP contribution in [0.5, 0.6) is 0 Å². The molecule has 1 aliphatic rings. The van der Waals surface area contributed by atoms with Crippen LogP contribution < -0.4 is 5.73 Å². The number of carbonyl (C=O) groups excluding carboxylic acids is 1. The highest BCUT2D eigenvalue weighted by Crippen LogP contribution is 2.49. The maximum absolute atomic E-state index is 13.0. The maximum Gasteiger partial charge on any atom is 0.233 e. The van der Waals surface area contributed by atoms with Crippen molar-refractivity contribution in [2.75, 3.05) is 13.1 Å². The van der Waals surface area contributed by atoms with Crippen LogP contribution in [0.15, 0.2) is 30.3 Å². The molecule has 1 aromatic rings. The van der Waals surface area contributed by atoms with Gasteiger partial charge >= 0.3 is 0 Å². The Labute approximate surface area is 132 Å². The zero-order valence-electron chi connectivity index (χ0n) is 12.8. The fourth-order valence-electron chi connectivity index (χ4n) is 2.77. The van der Waals surface area contributed by atoms with E-state index >= 15 is 0 Å². The smallest absolute Gasteiger partial charge is 0.233 e. The van der Waals surface area contributed by atoms with E-state index in [2.05, 4.69) is 26.0 Å². The Bertz CT molecular complexity index is 509. The molecule has 0 unspecified atom stereocenters. The summed E-state index contributed by atoms with van der Waals surface area (Å²) in [7, 11) is 0. The van der Waals surface area contributed by atoms with Crippen molar-refractivity contribution in [3.63, 3.8) is 0 Å². The lowest BCUT2D eigenvalue weighted by Gasteiger charge is -2.29. The Hall–Kier alpha value is -1.42. The highest BCUT2D eigenvalue weighted by molar-refractivity contribution is 7.80. The van der Waals surface area contributed by atoms with E-state index in [1.807, 2.05) is 23.1 Å². The molecular formula is C17H24N2OS. The maximum atomic E-state index is 13.0. The van der Waals surface area contributed by atoms with E-state index in [0.717, 1.165) is 24.9 Å². The van der Waals surface area contributed by atoms with Crippen molar-refractivity contribution in [2.24, 2.45) is 11.7 Å². The Morgan fingerprint density at radius 2 is 1.95 bits per heavy atom. The van der Waals surface area contributed by atoms with Crippen molar-refractivity contribution in [2.45, 2.75) is 38.5 Å². The lowest BCUT2D eigenvalue weighted by atomic mass is 9.94. The van der Waals surface area contributed by atoms with Gasteiger partial charge in [-0.15, -0.1) is 0 Å². The van der Waals surface area contributed by atoms with Crippen LogP contribution in [0.25, 0.3) is 0 Å². The highest BCUT2D eigenvalue weighted by Gasteiger charge is 2.52. The quantitative estimate of drug-likeness (QED) is 0.788. The van der Waals surface area contributed by atoms with Crippen LogP contribution >= 0.6 is 12.2 Å². The summed E-state index contributed by atoms with van der Waals surface area (Å²) in [6.45, 7) is 5.64. The first-order valence-electron chi connectivity index (χ1n) is 7.59. The number of hydrogen-bond donors (Lipinski definition) is 1. The molecule has 21 heavy (non-hydrogen) atoms. The van der Waals surface area contributed by atoms with Gasteiger partial charge in [0.05, 0.1) is 10.4 Å². The van der Waals surface area contributed by atoms with Gasteiger partial charge in [0.1, 0.15) is 0 Å². The van der Waals surface area contributed by atoms with Gasteiger partial charge in [-0.2, -0.15) is 0 Å². The zero-order valence-corrected chi connectivity index (χ0v) is 13.7. The SMILES string of the molecule is CC(C)CN(CCC(N)=S)C(=O)C1(c2ccccc2)CC1. The second kappa shape index (κ2) is 6.56. The monoisotopic (exact) mass is 304 g/mol. The van der Waals surface area contributed by atoms with Crippen LogP contribution in [0.4, 0.5) is 0 Å². The second-order valence-electron chi connectivity index (χ2n) is 6.31. The third-order valence-electron chi connectivity index (χ3n) is 3.99. The van der Waals surface area contributed by atoms with Gasteiger partial charge in [-0.1, -0.05) is 56.4 Å². The lowest BCUT2D eigenvalue weighted by molar-refractivity contribution is -0.134. The van der Waals surface area contributed by atoms with Crippen LogP contribution in [0.3, 0.4) is 0 Å². The Morgan fingerprint density at radius 3 is 2.43 bits per heavy atom. The van der Waals surface area contributed by atoms with Gasteiger partial charge in [-0.05, 0) is 24.3 Å². The fraction of sp³-hybridized carbons (Fsp3) is 0.529. The summed E-state index contributed by atoms with van der Waals surface area (Å²) < 4.78 is 0. The summed E-state index contributed by atoms with van der Waals surface area (Å²) in [4.78, 5) is 15.4. The van der Waals surface area contributed by atoms with Gasteiger partial charge in [0.25, 0.3) is 0 Å². The average Bonchev–Trinajstić information content (AvgIpc) is 3.25. The third-order valence-corrected chi connectivity index (χ3v) is 4.19. The molecule has 0 aromatic heterocycles. The fourth-order valence-corrected chi connectivity index (χ4v) is 2.86. The van der Waals surface area contributed by atoms with Crippen molar-refractivity contribution in [3.05, 3.63) is 35.9 Å². The van der Waals surface area contributed by atoms with Crippen molar-refractivity contribution >= 4 is 23.1 Å². The van der Waals surface area contributed by atoms with E-state index in [-0.39, 0.29) is 11.3 Å². The average molecular weight is 304 g/mol. The molecule has 2 rings (SSSR count). The van der Waals surface area contributed by atoms with Crippen molar-refractivity contribution in [3.8, 4) is 0 Å². The summed E-state index contributed by atoms with van der Waals surface area (Å²) in [6.07, 6.45) is 2.48. The summed E-state index contributed by atoms with van der Waals surface area (Å²) in [6, 6.07) is 10.1. The number of amides is 1. The molecule has 114 valence electrons. The molecule has 0 atom stereocenters. The van der Waals surface area contributed by atoms with Crippen LogP contribution in [-0.4, -0.2) is 28.9 Å². The number of thiocarbonyl (C=S) groups is 1. The van der Waals surface area contributed by atoms with E-state index in [4.69, 9.17) is 18.0 Å². The lowest BCUT2D eigenvalue weighted by Crippen LogP contribution is -2.42. The molecule has 0 spiro atoms. The molecule has 1 amide bonds. The van der Waals surface area contributed by atoms with E-state index in [9.17, 15) is 4.79 Å². The summed E-state index contributed by atoms with van der Waals surface area (Å²) in [5, 5.41) is 0. The van der Waals surface area contributed by atoms with Gasteiger partial charge in [0.15, 0.2) is 0 Å². The van der Waals surface area contributed by atoms with Crippen molar-refractivity contribution in [1.82, 2.24) is 4.90 Å². The van der Waals surface area contributed by atoms with E-state index < -0.39 is 0 Å². The number of carbonyl (C=O) groups is 1. The summed E-state index contributed by atoms with van der Waals surface area (Å²) in [5.41, 5.74) is 6.44. The molecule has 1 fully saturated rings. The summed E-state index contributed by atoms with van der Waals surface area (Å²) in [5.74, 6) is 0.672. The van der Waals surface area contributed by atoms with E-state index in [1.54, 1.807) is 0 Å². The standard InChI is InChI=1S/C17H24N2OS/c1-13(2)12-19(11-8-15(18)21)16(20)17(9-10-17)14-6-4-3-5-7-14/h3-7,13H,8-12H2,1-2H3,(H2,18,21). The van der Waals surface area contributed by atoms with Gasteiger partial charge in [0.2, 0.25) is 5.91 Å². The molecular weight excluding hydrogens is 280 g/mol. The number of benzene rings is 1. The predicted octanol–water partition coefficient (Wildman–Crippen LogP) is 2.88. The Morgan fingerprint density at radius 1 is 1.33 bits per heavy atom. The van der Waals surface area contributed by atoms with Gasteiger partial charge in [0, 0.05) is 19.5 Å². The third kappa shape index (κ3) is 3.82. The minimum absolute atomic E-state index is 0.235. The largest absolute Gasteiger partial charge is 0.393 e. The number of rotatable bonds is 7. The van der Waals surface area contributed by atoms with Gasteiger partial charge in [-0.25, -0.2) is 0 Å². The van der Waals surface area contributed by atoms with Crippen LogP contribution in [0.2, 0.25) is 0 Å². The normalized spacial score (nSPS) is 15.8. The molecule has 0 radical (unpaired) electrons. The first-order chi connectivity index (χ1) is 9.95. The Balaban J connectivity index is 2.15. The number of nitrogens with zero attached hydrogens (tertiary/aromatic N) is 1. The second-order valence-corrected chi connectivity index (χ2v) is 6.83. The molecule has 0 saturated heterocycles. The molecule has 1 aliphatic carbocycles.